The molecule has 0 aliphatic rings. The topological polar surface area (TPSA) is 4.93 Å². The van der Waals surface area contributed by atoms with Crippen LogP contribution in [0.5, 0.6) is 0 Å². The van der Waals surface area contributed by atoms with Gasteiger partial charge in [0.1, 0.15) is 5.82 Å². The van der Waals surface area contributed by atoms with Crippen molar-refractivity contribution in [2.45, 2.75) is 0 Å². The summed E-state index contributed by atoms with van der Waals surface area (Å²) in [4.78, 5) is 0. The zero-order valence-electron chi connectivity index (χ0n) is 6.51. The highest BCUT2D eigenvalue weighted by atomic mass is 79.9. The van der Waals surface area contributed by atoms with E-state index in [2.05, 4.69) is 15.9 Å². The Hall–Kier alpha value is -0.830. The van der Waals surface area contributed by atoms with Crippen LogP contribution in [0.1, 0.15) is 0 Å². The van der Waals surface area contributed by atoms with Gasteiger partial charge < -0.3 is 4.57 Å². The standard InChI is InChI=1S/C9H7BrFN/c1-12-5-8(11)7-3-2-6(10)4-9(7)12/h2-5H,1H3. The summed E-state index contributed by atoms with van der Waals surface area (Å²) < 4.78 is 15.8. The van der Waals surface area contributed by atoms with E-state index in [0.29, 0.717) is 5.39 Å². The highest BCUT2D eigenvalue weighted by Crippen LogP contribution is 2.22. The van der Waals surface area contributed by atoms with Crippen molar-refractivity contribution in [1.82, 2.24) is 4.57 Å². The van der Waals surface area contributed by atoms with Crippen molar-refractivity contribution in [3.05, 3.63) is 34.7 Å². The molecule has 0 unspecified atom stereocenters. The van der Waals surface area contributed by atoms with E-state index in [1.165, 1.54) is 6.20 Å². The summed E-state index contributed by atoms with van der Waals surface area (Å²) in [6, 6.07) is 5.51. The number of halogens is 2. The van der Waals surface area contributed by atoms with Gasteiger partial charge in [-0.25, -0.2) is 4.39 Å². The quantitative estimate of drug-likeness (QED) is 0.652. The zero-order chi connectivity index (χ0) is 8.72. The third-order valence-corrected chi connectivity index (χ3v) is 2.40. The summed E-state index contributed by atoms with van der Waals surface area (Å²) in [7, 11) is 1.83. The lowest BCUT2D eigenvalue weighted by atomic mass is 10.2. The fraction of sp³-hybridized carbons (Fsp3) is 0.111. The molecule has 0 aliphatic heterocycles. The second kappa shape index (κ2) is 2.59. The van der Waals surface area contributed by atoms with Gasteiger partial charge >= 0.3 is 0 Å². The molecule has 0 fully saturated rings. The molecule has 0 saturated carbocycles. The Labute approximate surface area is 77.9 Å². The van der Waals surface area contributed by atoms with Crippen LogP contribution in [0.25, 0.3) is 10.9 Å². The van der Waals surface area contributed by atoms with Crippen molar-refractivity contribution in [2.75, 3.05) is 0 Å². The first-order valence-corrected chi connectivity index (χ1v) is 4.38. The molecule has 2 rings (SSSR count). The number of aryl methyl sites for hydroxylation is 1. The summed E-state index contributed by atoms with van der Waals surface area (Å²) in [6.45, 7) is 0. The normalized spacial score (nSPS) is 10.9. The van der Waals surface area contributed by atoms with E-state index in [9.17, 15) is 4.39 Å². The number of aromatic nitrogens is 1. The molecule has 1 aromatic heterocycles. The van der Waals surface area contributed by atoms with Crippen molar-refractivity contribution in [3.8, 4) is 0 Å². The predicted molar refractivity (Wildman–Crippen MR) is 50.6 cm³/mol. The second-order valence-electron chi connectivity index (χ2n) is 2.75. The molecule has 1 nitrogen and oxygen atoms in total. The molecule has 0 N–H and O–H groups in total. The first kappa shape index (κ1) is 7.80. The molecule has 2 aromatic rings. The molecule has 1 aromatic carbocycles. The maximum absolute atomic E-state index is 13.1. The Morgan fingerprint density at radius 3 is 2.92 bits per heavy atom. The van der Waals surface area contributed by atoms with Gasteiger partial charge in [0.2, 0.25) is 0 Å². The van der Waals surface area contributed by atoms with Crippen LogP contribution < -0.4 is 0 Å². The fourth-order valence-corrected chi connectivity index (χ4v) is 1.66. The van der Waals surface area contributed by atoms with Crippen LogP contribution >= 0.6 is 15.9 Å². The van der Waals surface area contributed by atoms with Crippen molar-refractivity contribution in [3.63, 3.8) is 0 Å². The molecule has 62 valence electrons. The third kappa shape index (κ3) is 1.05. The summed E-state index contributed by atoms with van der Waals surface area (Å²) in [5.41, 5.74) is 0.905. The third-order valence-electron chi connectivity index (χ3n) is 1.90. The molecule has 0 bridgehead atoms. The average molecular weight is 228 g/mol. The highest BCUT2D eigenvalue weighted by Gasteiger charge is 2.04. The summed E-state index contributed by atoms with van der Waals surface area (Å²) in [6.07, 6.45) is 1.48. The van der Waals surface area contributed by atoms with E-state index < -0.39 is 0 Å². The second-order valence-corrected chi connectivity index (χ2v) is 3.67. The SMILES string of the molecule is Cn1cc(F)c2ccc(Br)cc21. The van der Waals surface area contributed by atoms with Crippen LogP contribution in [0.2, 0.25) is 0 Å². The van der Waals surface area contributed by atoms with Crippen molar-refractivity contribution < 1.29 is 4.39 Å². The van der Waals surface area contributed by atoms with Gasteiger partial charge in [0.25, 0.3) is 0 Å². The van der Waals surface area contributed by atoms with Crippen LogP contribution in [0.15, 0.2) is 28.9 Å². The molecule has 12 heavy (non-hydrogen) atoms. The van der Waals surface area contributed by atoms with E-state index in [1.807, 2.05) is 19.2 Å². The number of hydrogen-bond acceptors (Lipinski definition) is 0. The number of benzene rings is 1. The first-order valence-electron chi connectivity index (χ1n) is 3.58. The smallest absolute Gasteiger partial charge is 0.148 e. The largest absolute Gasteiger partial charge is 0.348 e. The number of fused-ring (bicyclic) bond motifs is 1. The molecule has 0 radical (unpaired) electrons. The zero-order valence-corrected chi connectivity index (χ0v) is 8.10. The molecule has 0 amide bonds. The van der Waals surface area contributed by atoms with E-state index in [1.54, 1.807) is 10.6 Å². The monoisotopic (exact) mass is 227 g/mol. The van der Waals surface area contributed by atoms with Gasteiger partial charge in [-0.05, 0) is 18.2 Å². The molecular formula is C9H7BrFN. The van der Waals surface area contributed by atoms with E-state index in [0.717, 1.165) is 9.99 Å². The summed E-state index contributed by atoms with van der Waals surface area (Å²) in [5.74, 6) is -0.167. The molecule has 0 atom stereocenters. The minimum atomic E-state index is -0.167. The van der Waals surface area contributed by atoms with Crippen molar-refractivity contribution >= 4 is 26.8 Å². The van der Waals surface area contributed by atoms with Crippen LogP contribution in [0.4, 0.5) is 4.39 Å². The lowest BCUT2D eigenvalue weighted by Gasteiger charge is -1.95. The van der Waals surface area contributed by atoms with Crippen LogP contribution in [0, 0.1) is 5.82 Å². The average Bonchev–Trinajstić information content (AvgIpc) is 2.28. The lowest BCUT2D eigenvalue weighted by molar-refractivity contribution is 0.633. The first-order chi connectivity index (χ1) is 5.68. The van der Waals surface area contributed by atoms with E-state index in [-0.39, 0.29) is 5.82 Å². The maximum atomic E-state index is 13.1. The Balaban J connectivity index is 2.90. The highest BCUT2D eigenvalue weighted by molar-refractivity contribution is 9.10. The van der Waals surface area contributed by atoms with Crippen LogP contribution in [0.3, 0.4) is 0 Å². The molecule has 3 heteroatoms. The maximum Gasteiger partial charge on any atom is 0.148 e. The Bertz CT molecular complexity index is 433. The Morgan fingerprint density at radius 2 is 2.17 bits per heavy atom. The van der Waals surface area contributed by atoms with Crippen LogP contribution in [-0.2, 0) is 7.05 Å². The molecular weight excluding hydrogens is 221 g/mol. The Kier molecular flexibility index (Phi) is 1.68. The number of rotatable bonds is 0. The van der Waals surface area contributed by atoms with Crippen molar-refractivity contribution in [2.24, 2.45) is 7.05 Å². The van der Waals surface area contributed by atoms with Gasteiger partial charge in [-0.2, -0.15) is 0 Å². The number of nitrogens with zero attached hydrogens (tertiary/aromatic N) is 1. The van der Waals surface area contributed by atoms with Crippen molar-refractivity contribution in [1.29, 1.82) is 0 Å². The molecule has 0 aliphatic carbocycles. The van der Waals surface area contributed by atoms with Crippen LogP contribution in [-0.4, -0.2) is 4.57 Å². The minimum absolute atomic E-state index is 0.167. The molecule has 1 heterocycles. The molecule has 0 saturated heterocycles. The Morgan fingerprint density at radius 1 is 1.42 bits per heavy atom. The van der Waals surface area contributed by atoms with Gasteiger partial charge in [-0.3, -0.25) is 0 Å². The number of hydrogen-bond donors (Lipinski definition) is 0. The molecule has 0 spiro atoms. The van der Waals surface area contributed by atoms with Gasteiger partial charge in [-0.15, -0.1) is 0 Å². The van der Waals surface area contributed by atoms with E-state index in [4.69, 9.17) is 0 Å². The summed E-state index contributed by atoms with van der Waals surface area (Å²) >= 11 is 3.34. The fourth-order valence-electron chi connectivity index (χ4n) is 1.31. The van der Waals surface area contributed by atoms with E-state index >= 15 is 0 Å². The van der Waals surface area contributed by atoms with Gasteiger partial charge in [0, 0.05) is 23.1 Å². The van der Waals surface area contributed by atoms with Gasteiger partial charge in [0.15, 0.2) is 0 Å². The predicted octanol–water partition coefficient (Wildman–Crippen LogP) is 3.08. The lowest BCUT2D eigenvalue weighted by Crippen LogP contribution is -1.82. The summed E-state index contributed by atoms with van der Waals surface area (Å²) in [5, 5.41) is 0.667. The van der Waals surface area contributed by atoms with Gasteiger partial charge in [0.05, 0.1) is 5.52 Å². The minimum Gasteiger partial charge on any atom is -0.348 e. The van der Waals surface area contributed by atoms with Gasteiger partial charge in [-0.1, -0.05) is 15.9 Å².